The Balaban J connectivity index is 1.38. The molecule has 2 unspecified atom stereocenters. The van der Waals surface area contributed by atoms with Crippen LogP contribution in [-0.4, -0.2) is 40.2 Å². The highest BCUT2D eigenvalue weighted by molar-refractivity contribution is 5.74. The van der Waals surface area contributed by atoms with Crippen molar-refractivity contribution < 1.29 is 9.53 Å². The molecule has 2 atom stereocenters. The largest absolute Gasteiger partial charge is 0.373 e. The molecule has 3 rings (SSSR count). The second kappa shape index (κ2) is 8.44. The Hall–Kier alpha value is -2.41. The fourth-order valence-corrected chi connectivity index (χ4v) is 2.86. The first-order chi connectivity index (χ1) is 11.8. The molecule has 2 amide bonds. The minimum absolute atomic E-state index is 0.0533. The Morgan fingerprint density at radius 3 is 3.00 bits per heavy atom. The highest BCUT2D eigenvalue weighted by atomic mass is 16.5. The van der Waals surface area contributed by atoms with Gasteiger partial charge in [0.1, 0.15) is 0 Å². The maximum Gasteiger partial charge on any atom is 0.315 e. The van der Waals surface area contributed by atoms with Gasteiger partial charge in [0.2, 0.25) is 0 Å². The van der Waals surface area contributed by atoms with E-state index in [1.807, 2.05) is 24.4 Å². The maximum absolute atomic E-state index is 12.0. The van der Waals surface area contributed by atoms with Gasteiger partial charge in [-0.05, 0) is 24.8 Å². The molecule has 1 aromatic heterocycles. The van der Waals surface area contributed by atoms with Crippen LogP contribution in [0.4, 0.5) is 4.79 Å². The van der Waals surface area contributed by atoms with Crippen LogP contribution in [-0.2, 0) is 11.3 Å². The van der Waals surface area contributed by atoms with Crippen LogP contribution in [0.25, 0.3) is 0 Å². The van der Waals surface area contributed by atoms with E-state index in [4.69, 9.17) is 4.74 Å². The van der Waals surface area contributed by atoms with Gasteiger partial charge < -0.3 is 15.4 Å². The van der Waals surface area contributed by atoms with Crippen LogP contribution in [0.3, 0.4) is 0 Å². The average Bonchev–Trinajstić information content (AvgIpc) is 3.13. The van der Waals surface area contributed by atoms with Crippen LogP contribution in [0.1, 0.15) is 30.9 Å². The summed E-state index contributed by atoms with van der Waals surface area (Å²) in [4.78, 5) is 12.0. The number of hydrogen-bond acceptors (Lipinski definition) is 4. The summed E-state index contributed by atoms with van der Waals surface area (Å²) in [5.74, 6) is 0. The Kier molecular flexibility index (Phi) is 5.79. The second-order valence-corrected chi connectivity index (χ2v) is 5.91. The molecule has 1 aliphatic rings. The van der Waals surface area contributed by atoms with Crippen LogP contribution < -0.4 is 10.6 Å². The van der Waals surface area contributed by atoms with Crippen molar-refractivity contribution in [3.63, 3.8) is 0 Å². The van der Waals surface area contributed by atoms with Gasteiger partial charge >= 0.3 is 6.03 Å². The normalized spacial score (nSPS) is 20.5. The van der Waals surface area contributed by atoms with Gasteiger partial charge in [0, 0.05) is 31.9 Å². The van der Waals surface area contributed by atoms with E-state index >= 15 is 0 Å². The quantitative estimate of drug-likeness (QED) is 0.793. The van der Waals surface area contributed by atoms with Crippen molar-refractivity contribution in [2.75, 3.05) is 13.2 Å². The van der Waals surface area contributed by atoms with E-state index in [9.17, 15) is 4.79 Å². The molecule has 2 N–H and O–H groups in total. The first kappa shape index (κ1) is 16.4. The molecule has 0 radical (unpaired) electrons. The van der Waals surface area contributed by atoms with Crippen molar-refractivity contribution >= 4 is 6.03 Å². The van der Waals surface area contributed by atoms with E-state index in [-0.39, 0.29) is 18.2 Å². The second-order valence-electron chi connectivity index (χ2n) is 5.91. The number of carbonyl (C=O) groups is 1. The van der Waals surface area contributed by atoms with Crippen molar-refractivity contribution in [1.29, 1.82) is 0 Å². The van der Waals surface area contributed by atoms with Crippen molar-refractivity contribution in [1.82, 2.24) is 25.6 Å². The molecule has 0 bridgehead atoms. The van der Waals surface area contributed by atoms with E-state index in [1.165, 1.54) is 0 Å². The van der Waals surface area contributed by atoms with E-state index in [0.29, 0.717) is 13.2 Å². The van der Waals surface area contributed by atoms with Gasteiger partial charge in [-0.2, -0.15) is 0 Å². The van der Waals surface area contributed by atoms with Crippen LogP contribution in [0.5, 0.6) is 0 Å². The molecular weight excluding hydrogens is 306 g/mol. The Labute approximate surface area is 141 Å². The number of benzene rings is 1. The molecule has 1 aliphatic heterocycles. The third-order valence-corrected chi connectivity index (χ3v) is 4.11. The maximum atomic E-state index is 12.0. The van der Waals surface area contributed by atoms with Gasteiger partial charge in [0.25, 0.3) is 0 Å². The van der Waals surface area contributed by atoms with Crippen molar-refractivity contribution in [3.8, 4) is 0 Å². The predicted molar refractivity (Wildman–Crippen MR) is 89.3 cm³/mol. The highest BCUT2D eigenvalue weighted by Crippen LogP contribution is 2.27. The van der Waals surface area contributed by atoms with Gasteiger partial charge in [0.05, 0.1) is 12.3 Å². The zero-order chi connectivity index (χ0) is 16.6. The molecule has 0 spiro atoms. The van der Waals surface area contributed by atoms with Crippen LogP contribution in [0.15, 0.2) is 42.7 Å². The van der Waals surface area contributed by atoms with E-state index in [1.54, 1.807) is 10.9 Å². The summed E-state index contributed by atoms with van der Waals surface area (Å²) in [5, 5.41) is 13.6. The van der Waals surface area contributed by atoms with Crippen LogP contribution in [0, 0.1) is 0 Å². The molecule has 1 aromatic carbocycles. The van der Waals surface area contributed by atoms with E-state index in [2.05, 4.69) is 33.1 Å². The minimum atomic E-state index is -0.118. The van der Waals surface area contributed by atoms with Gasteiger partial charge in [-0.3, -0.25) is 4.68 Å². The Morgan fingerprint density at radius 1 is 1.33 bits per heavy atom. The Morgan fingerprint density at radius 2 is 2.21 bits per heavy atom. The fourth-order valence-electron chi connectivity index (χ4n) is 2.86. The number of ether oxygens (including phenoxy) is 1. The molecule has 2 heterocycles. The zero-order valence-electron chi connectivity index (χ0n) is 13.6. The molecule has 1 fully saturated rings. The third-order valence-electron chi connectivity index (χ3n) is 4.11. The number of nitrogens with one attached hydrogen (secondary N) is 2. The zero-order valence-corrected chi connectivity index (χ0v) is 13.6. The number of aromatic nitrogens is 3. The summed E-state index contributed by atoms with van der Waals surface area (Å²) in [5.41, 5.74) is 1.16. The summed E-state index contributed by atoms with van der Waals surface area (Å²) in [6.07, 6.45) is 5.97. The highest BCUT2D eigenvalue weighted by Gasteiger charge is 2.24. The number of amides is 2. The predicted octanol–water partition coefficient (Wildman–Crippen LogP) is 1.89. The number of nitrogens with zero attached hydrogens (tertiary/aromatic N) is 3. The first-order valence-corrected chi connectivity index (χ1v) is 8.36. The molecule has 7 nitrogen and oxygen atoms in total. The summed E-state index contributed by atoms with van der Waals surface area (Å²) in [6.45, 7) is 2.02. The lowest BCUT2D eigenvalue weighted by molar-refractivity contribution is 0.00226. The van der Waals surface area contributed by atoms with Gasteiger partial charge in [-0.15, -0.1) is 5.10 Å². The summed E-state index contributed by atoms with van der Waals surface area (Å²) in [7, 11) is 0. The molecule has 128 valence electrons. The molecule has 0 saturated carbocycles. The van der Waals surface area contributed by atoms with Crippen LogP contribution in [0.2, 0.25) is 0 Å². The molecular formula is C17H23N5O2. The average molecular weight is 329 g/mol. The van der Waals surface area contributed by atoms with Crippen LogP contribution >= 0.6 is 0 Å². The van der Waals surface area contributed by atoms with E-state index < -0.39 is 0 Å². The summed E-state index contributed by atoms with van der Waals surface area (Å²) < 4.78 is 7.58. The fraction of sp³-hybridized carbons (Fsp3) is 0.471. The van der Waals surface area contributed by atoms with E-state index in [0.717, 1.165) is 31.4 Å². The number of urea groups is 1. The lowest BCUT2D eigenvalue weighted by Gasteiger charge is -2.30. The van der Waals surface area contributed by atoms with Gasteiger partial charge in [-0.25, -0.2) is 4.79 Å². The molecule has 2 aromatic rings. The first-order valence-electron chi connectivity index (χ1n) is 8.36. The smallest absolute Gasteiger partial charge is 0.315 e. The lowest BCUT2D eigenvalue weighted by Crippen LogP contribution is -2.45. The summed E-state index contributed by atoms with van der Waals surface area (Å²) in [6, 6.07) is 10.2. The summed E-state index contributed by atoms with van der Waals surface area (Å²) >= 11 is 0. The Bertz CT molecular complexity index is 617. The molecule has 24 heavy (non-hydrogen) atoms. The number of carbonyl (C=O) groups excluding carboxylic acids is 1. The van der Waals surface area contributed by atoms with Gasteiger partial charge in [0.15, 0.2) is 0 Å². The van der Waals surface area contributed by atoms with Crippen molar-refractivity contribution in [2.24, 2.45) is 0 Å². The lowest BCUT2D eigenvalue weighted by atomic mass is 9.97. The topological polar surface area (TPSA) is 81.1 Å². The SMILES string of the molecule is O=C(NCCCn1ccnn1)NC1CCOC(c2ccccc2)C1. The molecule has 1 saturated heterocycles. The number of hydrogen-bond donors (Lipinski definition) is 2. The third kappa shape index (κ3) is 4.79. The number of aryl methyl sites for hydroxylation is 1. The monoisotopic (exact) mass is 329 g/mol. The van der Waals surface area contributed by atoms with Crippen molar-refractivity contribution in [3.05, 3.63) is 48.3 Å². The minimum Gasteiger partial charge on any atom is -0.373 e. The molecule has 0 aliphatic carbocycles. The van der Waals surface area contributed by atoms with Crippen molar-refractivity contribution in [2.45, 2.75) is 38.0 Å². The standard InChI is InChI=1S/C17H23N5O2/c23-17(18-8-4-10-22-11-9-19-21-22)20-15-7-12-24-16(13-15)14-5-2-1-3-6-14/h1-3,5-6,9,11,15-16H,4,7-8,10,12-13H2,(H2,18,20,23). The number of rotatable bonds is 6. The molecule has 7 heteroatoms. The van der Waals surface area contributed by atoms with Gasteiger partial charge in [-0.1, -0.05) is 35.5 Å².